The van der Waals surface area contributed by atoms with Gasteiger partial charge < -0.3 is 15.4 Å². The number of carbonyl (C=O) groups is 1. The minimum atomic E-state index is -0.633. The number of morpholine rings is 1. The van der Waals surface area contributed by atoms with Crippen molar-refractivity contribution >= 4 is 34.2 Å². The van der Waals surface area contributed by atoms with Crippen LogP contribution in [0.2, 0.25) is 0 Å². The molecule has 0 aliphatic carbocycles. The molecule has 1 aliphatic heterocycles. The van der Waals surface area contributed by atoms with Gasteiger partial charge in [-0.2, -0.15) is 0 Å². The molecule has 0 bridgehead atoms. The van der Waals surface area contributed by atoms with E-state index in [1.807, 2.05) is 55.5 Å². The van der Waals surface area contributed by atoms with E-state index in [0.717, 1.165) is 21.2 Å². The van der Waals surface area contributed by atoms with E-state index in [4.69, 9.17) is 10.5 Å². The van der Waals surface area contributed by atoms with Crippen molar-refractivity contribution in [2.75, 3.05) is 19.7 Å². The van der Waals surface area contributed by atoms with E-state index in [0.29, 0.717) is 19.7 Å². The lowest BCUT2D eigenvalue weighted by molar-refractivity contribution is -0.140. The van der Waals surface area contributed by atoms with Crippen LogP contribution in [0, 0.1) is 6.92 Å². The number of nitrogens with zero attached hydrogens (tertiary/aromatic N) is 1. The van der Waals surface area contributed by atoms with Gasteiger partial charge in [0.2, 0.25) is 5.91 Å². The van der Waals surface area contributed by atoms with Gasteiger partial charge in [0.25, 0.3) is 0 Å². The Morgan fingerprint density at radius 3 is 2.68 bits per heavy atom. The molecule has 1 heterocycles. The molecule has 2 N–H and O–H groups in total. The van der Waals surface area contributed by atoms with Crippen LogP contribution in [-0.4, -0.2) is 30.5 Å². The van der Waals surface area contributed by atoms with Gasteiger partial charge in [-0.3, -0.25) is 4.79 Å². The molecular weight excluding hydrogens is 404 g/mol. The van der Waals surface area contributed by atoms with Crippen LogP contribution in [0.25, 0.3) is 0 Å². The van der Waals surface area contributed by atoms with Gasteiger partial charge in [-0.25, -0.2) is 0 Å². The second-order valence-corrected chi connectivity index (χ2v) is 7.00. The fourth-order valence-corrected chi connectivity index (χ4v) is 3.29. The summed E-state index contributed by atoms with van der Waals surface area (Å²) in [5.41, 5.74) is 9.24. The Bertz CT molecular complexity index is 724. The molecule has 2 aromatic rings. The largest absolute Gasteiger partial charge is 0.370 e. The topological polar surface area (TPSA) is 55.6 Å². The molecule has 0 aromatic heterocycles. The number of rotatable bonds is 3. The molecule has 0 spiro atoms. The molecule has 1 amide bonds. The first-order chi connectivity index (χ1) is 11.5. The summed E-state index contributed by atoms with van der Waals surface area (Å²) in [6.45, 7) is 3.63. The fraction of sp³-hybridized carbons (Fsp3) is 0.316. The normalized spacial score (nSPS) is 18.4. The number of halogens is 2. The summed E-state index contributed by atoms with van der Waals surface area (Å²) in [7, 11) is 0. The molecule has 2 atom stereocenters. The first kappa shape index (κ1) is 19.9. The molecule has 4 nitrogen and oxygen atoms in total. The van der Waals surface area contributed by atoms with E-state index in [-0.39, 0.29) is 24.4 Å². The van der Waals surface area contributed by atoms with Gasteiger partial charge in [-0.15, -0.1) is 12.4 Å². The lowest BCUT2D eigenvalue weighted by Gasteiger charge is -2.34. The second-order valence-electron chi connectivity index (χ2n) is 6.09. The standard InChI is InChI=1S/C19H21BrN2O2.ClH/c1-13-5-7-14(8-6-13)18(21)19(23)22-9-10-24-17(12-22)15-3-2-4-16(20)11-15;/h2-8,11,17-18H,9-10,12,21H2,1H3;1H. The zero-order valence-electron chi connectivity index (χ0n) is 14.0. The Morgan fingerprint density at radius 2 is 2.00 bits per heavy atom. The van der Waals surface area contributed by atoms with Crippen molar-refractivity contribution in [2.45, 2.75) is 19.1 Å². The Kier molecular flexibility index (Phi) is 7.02. The number of nitrogens with two attached hydrogens (primary N) is 1. The summed E-state index contributed by atoms with van der Waals surface area (Å²) in [5.74, 6) is -0.0536. The maximum absolute atomic E-state index is 12.8. The monoisotopic (exact) mass is 424 g/mol. The molecule has 6 heteroatoms. The van der Waals surface area contributed by atoms with Crippen LogP contribution in [0.4, 0.5) is 0 Å². The molecule has 0 radical (unpaired) electrons. The van der Waals surface area contributed by atoms with Crippen LogP contribution in [0.15, 0.2) is 53.0 Å². The van der Waals surface area contributed by atoms with Crippen LogP contribution < -0.4 is 5.73 Å². The molecule has 1 saturated heterocycles. The van der Waals surface area contributed by atoms with E-state index in [9.17, 15) is 4.79 Å². The lowest BCUT2D eigenvalue weighted by atomic mass is 10.0. The molecule has 1 fully saturated rings. The minimum absolute atomic E-state index is 0. The molecule has 2 aromatic carbocycles. The van der Waals surface area contributed by atoms with E-state index < -0.39 is 6.04 Å². The molecule has 2 unspecified atom stereocenters. The van der Waals surface area contributed by atoms with Crippen molar-refractivity contribution in [2.24, 2.45) is 5.73 Å². The predicted octanol–water partition coefficient (Wildman–Crippen LogP) is 3.78. The number of benzene rings is 2. The quantitative estimate of drug-likeness (QED) is 0.814. The van der Waals surface area contributed by atoms with Crippen molar-refractivity contribution in [1.82, 2.24) is 4.90 Å². The molecular formula is C19H22BrClN2O2. The van der Waals surface area contributed by atoms with Crippen LogP contribution in [-0.2, 0) is 9.53 Å². The Labute approximate surface area is 162 Å². The van der Waals surface area contributed by atoms with E-state index >= 15 is 0 Å². The number of ether oxygens (including phenoxy) is 1. The average Bonchev–Trinajstić information content (AvgIpc) is 2.61. The Morgan fingerprint density at radius 1 is 1.28 bits per heavy atom. The molecule has 1 aliphatic rings. The van der Waals surface area contributed by atoms with Crippen LogP contribution in [0.5, 0.6) is 0 Å². The SMILES string of the molecule is Cc1ccc(C(N)C(=O)N2CCOC(c3cccc(Br)c3)C2)cc1.Cl. The zero-order valence-corrected chi connectivity index (χ0v) is 16.4. The van der Waals surface area contributed by atoms with Crippen molar-refractivity contribution < 1.29 is 9.53 Å². The van der Waals surface area contributed by atoms with Gasteiger partial charge in [0, 0.05) is 11.0 Å². The van der Waals surface area contributed by atoms with Crippen molar-refractivity contribution in [3.05, 3.63) is 69.7 Å². The molecule has 25 heavy (non-hydrogen) atoms. The highest BCUT2D eigenvalue weighted by molar-refractivity contribution is 9.10. The molecule has 134 valence electrons. The summed E-state index contributed by atoms with van der Waals surface area (Å²) >= 11 is 3.48. The van der Waals surface area contributed by atoms with Gasteiger partial charge in [0.05, 0.1) is 13.2 Å². The number of hydrogen-bond acceptors (Lipinski definition) is 3. The molecule has 3 rings (SSSR count). The van der Waals surface area contributed by atoms with E-state index in [2.05, 4.69) is 15.9 Å². The van der Waals surface area contributed by atoms with Crippen molar-refractivity contribution in [3.8, 4) is 0 Å². The van der Waals surface area contributed by atoms with Gasteiger partial charge in [0.15, 0.2) is 0 Å². The van der Waals surface area contributed by atoms with Gasteiger partial charge in [-0.1, -0.05) is 57.9 Å². The van der Waals surface area contributed by atoms with E-state index in [1.54, 1.807) is 4.90 Å². The number of hydrogen-bond donors (Lipinski definition) is 1. The van der Waals surface area contributed by atoms with Crippen LogP contribution in [0.1, 0.15) is 28.8 Å². The Balaban J connectivity index is 0.00000225. The average molecular weight is 426 g/mol. The highest BCUT2D eigenvalue weighted by atomic mass is 79.9. The maximum atomic E-state index is 12.8. The second kappa shape index (κ2) is 8.81. The first-order valence-electron chi connectivity index (χ1n) is 8.02. The van der Waals surface area contributed by atoms with Crippen molar-refractivity contribution in [3.63, 3.8) is 0 Å². The first-order valence-corrected chi connectivity index (χ1v) is 8.82. The third kappa shape index (κ3) is 4.82. The summed E-state index contributed by atoms with van der Waals surface area (Å²) < 4.78 is 6.85. The number of carbonyl (C=O) groups excluding carboxylic acids is 1. The summed E-state index contributed by atoms with van der Waals surface area (Å²) in [6.07, 6.45) is -0.120. The smallest absolute Gasteiger partial charge is 0.244 e. The van der Waals surface area contributed by atoms with Gasteiger partial charge in [-0.05, 0) is 30.2 Å². The van der Waals surface area contributed by atoms with Gasteiger partial charge in [0.1, 0.15) is 12.1 Å². The van der Waals surface area contributed by atoms with E-state index in [1.165, 1.54) is 0 Å². The van der Waals surface area contributed by atoms with Crippen molar-refractivity contribution in [1.29, 1.82) is 0 Å². The zero-order chi connectivity index (χ0) is 17.1. The fourth-order valence-electron chi connectivity index (χ4n) is 2.87. The summed E-state index contributed by atoms with van der Waals surface area (Å²) in [4.78, 5) is 14.6. The maximum Gasteiger partial charge on any atom is 0.244 e. The highest BCUT2D eigenvalue weighted by Crippen LogP contribution is 2.26. The lowest BCUT2D eigenvalue weighted by Crippen LogP contribution is -2.46. The van der Waals surface area contributed by atoms with Crippen LogP contribution >= 0.6 is 28.3 Å². The summed E-state index contributed by atoms with van der Waals surface area (Å²) in [5, 5.41) is 0. The van der Waals surface area contributed by atoms with Gasteiger partial charge >= 0.3 is 0 Å². The molecule has 0 saturated carbocycles. The minimum Gasteiger partial charge on any atom is -0.370 e. The highest BCUT2D eigenvalue weighted by Gasteiger charge is 2.29. The predicted molar refractivity (Wildman–Crippen MR) is 105 cm³/mol. The third-order valence-corrected chi connectivity index (χ3v) is 4.79. The number of aryl methyl sites for hydroxylation is 1. The van der Waals surface area contributed by atoms with Crippen LogP contribution in [0.3, 0.4) is 0 Å². The summed E-state index contributed by atoms with van der Waals surface area (Å²) in [6, 6.07) is 15.2. The third-order valence-electron chi connectivity index (χ3n) is 4.30. The Hall–Kier alpha value is -1.40. The number of amides is 1.